The third-order valence-corrected chi connectivity index (χ3v) is 8.40. The Kier molecular flexibility index (Phi) is 5.28. The van der Waals surface area contributed by atoms with Gasteiger partial charge in [-0.05, 0) is 98.5 Å². The minimum absolute atomic E-state index is 0.0955. The van der Waals surface area contributed by atoms with E-state index in [0.717, 1.165) is 22.7 Å². The fraction of sp³-hybridized carbons (Fsp3) is 0.414. The quantitative estimate of drug-likeness (QED) is 0.480. The van der Waals surface area contributed by atoms with Gasteiger partial charge in [0.15, 0.2) is 0 Å². The lowest BCUT2D eigenvalue weighted by Gasteiger charge is -2.57. The predicted molar refractivity (Wildman–Crippen MR) is 133 cm³/mol. The summed E-state index contributed by atoms with van der Waals surface area (Å²) >= 11 is 0. The van der Waals surface area contributed by atoms with Gasteiger partial charge >= 0.3 is 6.03 Å². The summed E-state index contributed by atoms with van der Waals surface area (Å²) in [6.45, 7) is 2.33. The number of imide groups is 2. The van der Waals surface area contributed by atoms with Crippen LogP contribution in [0.1, 0.15) is 56.6 Å². The van der Waals surface area contributed by atoms with Crippen LogP contribution in [0.2, 0.25) is 0 Å². The van der Waals surface area contributed by atoms with E-state index in [4.69, 9.17) is 4.74 Å². The molecule has 5 fully saturated rings. The molecule has 2 aromatic carbocycles. The zero-order valence-electron chi connectivity index (χ0n) is 20.0. The van der Waals surface area contributed by atoms with Crippen molar-refractivity contribution in [3.63, 3.8) is 0 Å². The summed E-state index contributed by atoms with van der Waals surface area (Å²) < 4.78 is 5.63. The van der Waals surface area contributed by atoms with Crippen LogP contribution in [-0.4, -0.2) is 24.5 Å². The zero-order valence-corrected chi connectivity index (χ0v) is 20.0. The standard InChI is InChI=1S/C29H30N2O4/c1-2-35-25-6-4-3-5-21(25)14-24-26(32)30-28(34)31(27(24)33)23-9-7-22(8-10-23)29-15-18-11-19(16-29)13-20(12-18)17-29/h3-10,14,18-20H,2,11-13,15-17H2,1H3,(H,30,32,34)/b24-14+. The molecule has 4 amide bonds. The highest BCUT2D eigenvalue weighted by atomic mass is 16.5. The third-order valence-electron chi connectivity index (χ3n) is 8.40. The number of barbiturate groups is 1. The summed E-state index contributed by atoms with van der Waals surface area (Å²) in [5, 5.41) is 2.32. The van der Waals surface area contributed by atoms with E-state index in [1.165, 1.54) is 50.2 Å². The summed E-state index contributed by atoms with van der Waals surface area (Å²) in [6.07, 6.45) is 9.40. The third kappa shape index (κ3) is 3.76. The van der Waals surface area contributed by atoms with Crippen molar-refractivity contribution in [2.45, 2.75) is 50.9 Å². The van der Waals surface area contributed by atoms with Crippen molar-refractivity contribution >= 4 is 29.6 Å². The first-order chi connectivity index (χ1) is 17.0. The molecule has 0 spiro atoms. The Morgan fingerprint density at radius 3 is 2.20 bits per heavy atom. The fourth-order valence-corrected chi connectivity index (χ4v) is 7.36. The van der Waals surface area contributed by atoms with Crippen molar-refractivity contribution in [3.8, 4) is 5.75 Å². The van der Waals surface area contributed by atoms with Crippen molar-refractivity contribution in [1.29, 1.82) is 0 Å². The van der Waals surface area contributed by atoms with Crippen LogP contribution in [0, 0.1) is 17.8 Å². The first-order valence-corrected chi connectivity index (χ1v) is 12.7. The zero-order chi connectivity index (χ0) is 24.2. The fourth-order valence-electron chi connectivity index (χ4n) is 7.36. The van der Waals surface area contributed by atoms with Crippen LogP contribution in [-0.2, 0) is 15.0 Å². The van der Waals surface area contributed by atoms with E-state index in [1.54, 1.807) is 12.1 Å². The molecule has 2 aromatic rings. The minimum atomic E-state index is -0.724. The Balaban J connectivity index is 1.29. The van der Waals surface area contributed by atoms with Gasteiger partial charge in [-0.25, -0.2) is 9.69 Å². The maximum Gasteiger partial charge on any atom is 0.335 e. The molecule has 1 heterocycles. The number of benzene rings is 2. The van der Waals surface area contributed by atoms with Crippen LogP contribution >= 0.6 is 0 Å². The summed E-state index contributed by atoms with van der Waals surface area (Å²) in [4.78, 5) is 39.7. The molecule has 4 saturated carbocycles. The van der Waals surface area contributed by atoms with Gasteiger partial charge in [0.2, 0.25) is 0 Å². The first kappa shape index (κ1) is 22.1. The largest absolute Gasteiger partial charge is 0.493 e. The predicted octanol–water partition coefficient (Wildman–Crippen LogP) is 5.22. The molecule has 7 rings (SSSR count). The van der Waals surface area contributed by atoms with Crippen LogP contribution in [0.25, 0.3) is 6.08 Å². The lowest BCUT2D eigenvalue weighted by atomic mass is 9.48. The molecule has 4 aliphatic carbocycles. The van der Waals surface area contributed by atoms with E-state index < -0.39 is 17.8 Å². The van der Waals surface area contributed by atoms with Gasteiger partial charge < -0.3 is 4.74 Å². The van der Waals surface area contributed by atoms with Crippen molar-refractivity contribution in [3.05, 3.63) is 65.2 Å². The number of anilines is 1. The van der Waals surface area contributed by atoms with Crippen LogP contribution < -0.4 is 15.0 Å². The van der Waals surface area contributed by atoms with Gasteiger partial charge in [-0.3, -0.25) is 14.9 Å². The molecular weight excluding hydrogens is 440 g/mol. The molecule has 6 heteroatoms. The Morgan fingerprint density at radius 2 is 1.57 bits per heavy atom. The maximum absolute atomic E-state index is 13.4. The number of carbonyl (C=O) groups excluding carboxylic acids is 3. The summed E-state index contributed by atoms with van der Waals surface area (Å²) in [7, 11) is 0. The van der Waals surface area contributed by atoms with Crippen LogP contribution in [0.5, 0.6) is 5.75 Å². The second kappa shape index (κ2) is 8.36. The van der Waals surface area contributed by atoms with Crippen molar-refractivity contribution in [2.24, 2.45) is 17.8 Å². The lowest BCUT2D eigenvalue weighted by Crippen LogP contribution is -2.54. The molecule has 0 atom stereocenters. The van der Waals surface area contributed by atoms with Crippen molar-refractivity contribution < 1.29 is 19.1 Å². The lowest BCUT2D eigenvalue weighted by molar-refractivity contribution is -0.122. The number of nitrogens with one attached hydrogen (secondary N) is 1. The van der Waals surface area contributed by atoms with Gasteiger partial charge in [0.1, 0.15) is 11.3 Å². The first-order valence-electron chi connectivity index (χ1n) is 12.7. The van der Waals surface area contributed by atoms with Crippen molar-refractivity contribution in [1.82, 2.24) is 5.32 Å². The minimum Gasteiger partial charge on any atom is -0.493 e. The van der Waals surface area contributed by atoms with Gasteiger partial charge in [-0.1, -0.05) is 30.3 Å². The number of carbonyl (C=O) groups is 3. The second-order valence-electron chi connectivity index (χ2n) is 10.7. The maximum atomic E-state index is 13.4. The highest BCUT2D eigenvalue weighted by molar-refractivity contribution is 6.39. The normalized spacial score (nSPS) is 30.7. The average molecular weight is 471 g/mol. The van der Waals surface area contributed by atoms with Crippen molar-refractivity contribution in [2.75, 3.05) is 11.5 Å². The van der Waals surface area contributed by atoms with E-state index in [2.05, 4.69) is 17.4 Å². The van der Waals surface area contributed by atoms with Crippen LogP contribution in [0.3, 0.4) is 0 Å². The molecule has 1 saturated heterocycles. The summed E-state index contributed by atoms with van der Waals surface area (Å²) in [5.74, 6) is 1.77. The molecule has 6 nitrogen and oxygen atoms in total. The summed E-state index contributed by atoms with van der Waals surface area (Å²) in [6, 6.07) is 14.4. The molecule has 35 heavy (non-hydrogen) atoms. The number of ether oxygens (including phenoxy) is 1. The second-order valence-corrected chi connectivity index (χ2v) is 10.7. The van der Waals surface area contributed by atoms with Crippen LogP contribution in [0.4, 0.5) is 10.5 Å². The molecule has 1 aliphatic heterocycles. The Labute approximate surface area is 205 Å². The van der Waals surface area contributed by atoms with Crippen LogP contribution in [0.15, 0.2) is 54.1 Å². The molecule has 5 aliphatic rings. The Bertz CT molecular complexity index is 1190. The molecule has 4 bridgehead atoms. The smallest absolute Gasteiger partial charge is 0.335 e. The highest BCUT2D eigenvalue weighted by Crippen LogP contribution is 2.60. The number of nitrogens with zero attached hydrogens (tertiary/aromatic N) is 1. The number of hydrogen-bond donors (Lipinski definition) is 1. The number of hydrogen-bond acceptors (Lipinski definition) is 4. The topological polar surface area (TPSA) is 75.7 Å². The van der Waals surface area contributed by atoms with E-state index in [-0.39, 0.29) is 11.0 Å². The van der Waals surface area contributed by atoms with E-state index in [9.17, 15) is 14.4 Å². The molecule has 1 N–H and O–H groups in total. The number of rotatable bonds is 5. The number of amides is 4. The SMILES string of the molecule is CCOc1ccccc1/C=C1\C(=O)NC(=O)N(c2ccc(C34CC5CC(CC(C5)C3)C4)cc2)C1=O. The van der Waals surface area contributed by atoms with Gasteiger partial charge in [0, 0.05) is 5.56 Å². The van der Waals surface area contributed by atoms with E-state index in [0.29, 0.717) is 23.6 Å². The summed E-state index contributed by atoms with van der Waals surface area (Å²) in [5.41, 5.74) is 2.55. The Hall–Kier alpha value is -3.41. The Morgan fingerprint density at radius 1 is 0.943 bits per heavy atom. The molecule has 0 aromatic heterocycles. The van der Waals surface area contributed by atoms with Gasteiger partial charge in [-0.15, -0.1) is 0 Å². The van der Waals surface area contributed by atoms with Gasteiger partial charge in [0.25, 0.3) is 11.8 Å². The molecule has 180 valence electrons. The number of urea groups is 1. The molecule has 0 unspecified atom stereocenters. The molecular formula is C29H30N2O4. The van der Waals surface area contributed by atoms with Gasteiger partial charge in [0.05, 0.1) is 12.3 Å². The average Bonchev–Trinajstić information content (AvgIpc) is 2.82. The van der Waals surface area contributed by atoms with E-state index >= 15 is 0 Å². The molecule has 0 radical (unpaired) electrons. The van der Waals surface area contributed by atoms with Gasteiger partial charge in [-0.2, -0.15) is 0 Å². The van der Waals surface area contributed by atoms with E-state index in [1.807, 2.05) is 31.2 Å². The highest BCUT2D eigenvalue weighted by Gasteiger charge is 2.51. The number of para-hydroxylation sites is 1. The monoisotopic (exact) mass is 470 g/mol.